The van der Waals surface area contributed by atoms with Crippen LogP contribution >= 0.6 is 11.8 Å². The highest BCUT2D eigenvalue weighted by atomic mass is 32.2. The fraction of sp³-hybridized carbons (Fsp3) is 0.485. The Bertz CT molecular complexity index is 1740. The van der Waals surface area contributed by atoms with E-state index >= 15 is 8.78 Å². The molecule has 2 atom stereocenters. The minimum absolute atomic E-state index is 0.00607. The summed E-state index contributed by atoms with van der Waals surface area (Å²) >= 11 is 1.86. The highest BCUT2D eigenvalue weighted by Crippen LogP contribution is 2.42. The van der Waals surface area contributed by atoms with Crippen LogP contribution in [0.2, 0.25) is 0 Å². The SMILES string of the molecule is CCc1c(F)ccc2cc(OCOC)cc(-c3ncc4c(N5CCSCC5)nc(OC[C@@]56CCCN5C[C@H](F)C6)nc4c3F)c12. The molecule has 5 heterocycles. The lowest BCUT2D eigenvalue weighted by molar-refractivity contribution is 0.0512. The molecule has 0 unspecified atom stereocenters. The van der Waals surface area contributed by atoms with Gasteiger partial charge < -0.3 is 19.1 Å². The summed E-state index contributed by atoms with van der Waals surface area (Å²) in [5.74, 6) is 1.80. The third-order valence-corrected chi connectivity index (χ3v) is 10.2. The van der Waals surface area contributed by atoms with Crippen molar-refractivity contribution in [1.29, 1.82) is 0 Å². The molecule has 0 N–H and O–H groups in total. The fourth-order valence-corrected chi connectivity index (χ4v) is 8.07. The lowest BCUT2D eigenvalue weighted by Crippen LogP contribution is -2.43. The van der Waals surface area contributed by atoms with Gasteiger partial charge in [-0.05, 0) is 60.3 Å². The van der Waals surface area contributed by atoms with Gasteiger partial charge in [0, 0.05) is 56.4 Å². The molecule has 2 aromatic carbocycles. The van der Waals surface area contributed by atoms with Crippen molar-refractivity contribution < 1.29 is 27.4 Å². The first-order chi connectivity index (χ1) is 21.9. The van der Waals surface area contributed by atoms with E-state index in [2.05, 4.69) is 19.8 Å². The average Bonchev–Trinajstić information content (AvgIpc) is 3.58. The second-order valence-corrected chi connectivity index (χ2v) is 13.2. The largest absolute Gasteiger partial charge is 0.468 e. The van der Waals surface area contributed by atoms with Crippen LogP contribution < -0.4 is 14.4 Å². The molecule has 2 aromatic heterocycles. The van der Waals surface area contributed by atoms with Crippen molar-refractivity contribution in [2.24, 2.45) is 0 Å². The zero-order chi connectivity index (χ0) is 31.1. The number of rotatable bonds is 9. The topological polar surface area (TPSA) is 72.8 Å². The van der Waals surface area contributed by atoms with Crippen LogP contribution in [0.5, 0.6) is 11.8 Å². The molecule has 4 aromatic rings. The average molecular weight is 640 g/mol. The maximum absolute atomic E-state index is 16.9. The molecular weight excluding hydrogens is 603 g/mol. The zero-order valence-electron chi connectivity index (χ0n) is 25.5. The molecular formula is C33H36F3N5O3S. The van der Waals surface area contributed by atoms with Gasteiger partial charge in [0.1, 0.15) is 41.4 Å². The summed E-state index contributed by atoms with van der Waals surface area (Å²) in [5.41, 5.74) is 0.552. The number of hydrogen-bond donors (Lipinski definition) is 0. The van der Waals surface area contributed by atoms with E-state index in [4.69, 9.17) is 19.2 Å². The fourth-order valence-electron chi connectivity index (χ4n) is 7.17. The van der Waals surface area contributed by atoms with Gasteiger partial charge in [-0.1, -0.05) is 13.0 Å². The highest BCUT2D eigenvalue weighted by Gasteiger charge is 2.49. The van der Waals surface area contributed by atoms with Crippen LogP contribution in [-0.4, -0.2) is 89.8 Å². The monoisotopic (exact) mass is 639 g/mol. The van der Waals surface area contributed by atoms with Gasteiger partial charge in [-0.15, -0.1) is 0 Å². The lowest BCUT2D eigenvalue weighted by atomic mass is 9.94. The number of nitrogens with zero attached hydrogens (tertiary/aromatic N) is 5. The molecule has 7 rings (SSSR count). The van der Waals surface area contributed by atoms with E-state index in [0.717, 1.165) is 44.0 Å². The molecule has 3 fully saturated rings. The number of thioether (sulfide) groups is 1. The Morgan fingerprint density at radius 1 is 1.09 bits per heavy atom. The van der Waals surface area contributed by atoms with E-state index in [-0.39, 0.29) is 36.4 Å². The van der Waals surface area contributed by atoms with Gasteiger partial charge in [-0.3, -0.25) is 9.88 Å². The number of hydrogen-bond acceptors (Lipinski definition) is 9. The van der Waals surface area contributed by atoms with Gasteiger partial charge in [0.15, 0.2) is 12.6 Å². The Labute approximate surface area is 264 Å². The molecule has 3 saturated heterocycles. The van der Waals surface area contributed by atoms with Crippen molar-refractivity contribution in [3.8, 4) is 23.0 Å². The van der Waals surface area contributed by atoms with Crippen LogP contribution in [0.3, 0.4) is 0 Å². The Morgan fingerprint density at radius 3 is 2.73 bits per heavy atom. The number of halogens is 3. The van der Waals surface area contributed by atoms with E-state index in [1.54, 1.807) is 24.4 Å². The first-order valence-electron chi connectivity index (χ1n) is 15.5. The minimum atomic E-state index is -0.893. The first kappa shape index (κ1) is 30.3. The van der Waals surface area contributed by atoms with Gasteiger partial charge in [-0.25, -0.2) is 13.2 Å². The number of methoxy groups -OCH3 is 1. The second-order valence-electron chi connectivity index (χ2n) is 12.0. The third-order valence-electron chi connectivity index (χ3n) is 9.28. The summed E-state index contributed by atoms with van der Waals surface area (Å²) < 4.78 is 63.5. The quantitative estimate of drug-likeness (QED) is 0.200. The van der Waals surface area contributed by atoms with E-state index in [1.165, 1.54) is 13.2 Å². The molecule has 3 aliphatic heterocycles. The molecule has 0 bridgehead atoms. The minimum Gasteiger partial charge on any atom is -0.468 e. The maximum atomic E-state index is 16.9. The van der Waals surface area contributed by atoms with Crippen molar-refractivity contribution >= 4 is 39.3 Å². The Balaban J connectivity index is 1.37. The summed E-state index contributed by atoms with van der Waals surface area (Å²) in [5, 5.41) is 1.73. The maximum Gasteiger partial charge on any atom is 0.319 e. The number of aromatic nitrogens is 3. The molecule has 0 radical (unpaired) electrons. The van der Waals surface area contributed by atoms with Crippen molar-refractivity contribution in [2.45, 2.75) is 44.3 Å². The highest BCUT2D eigenvalue weighted by molar-refractivity contribution is 7.99. The second kappa shape index (κ2) is 12.4. The van der Waals surface area contributed by atoms with Crippen LogP contribution in [0.4, 0.5) is 19.0 Å². The zero-order valence-corrected chi connectivity index (χ0v) is 26.3. The van der Waals surface area contributed by atoms with E-state index < -0.39 is 17.5 Å². The molecule has 0 saturated carbocycles. The molecule has 12 heteroatoms. The van der Waals surface area contributed by atoms with E-state index in [0.29, 0.717) is 58.2 Å². The molecule has 0 spiro atoms. The number of anilines is 1. The standard InChI is InChI=1S/C33H36F3N5O3S/c1-3-23-26(35)6-5-20-13-22(44-19-42-2)14-24(27(20)23)29-28(36)30-25(16-37-29)31(40-9-11-45-12-10-40)39-32(38-30)43-18-33-7-4-8-41(33)17-21(34)15-33/h5-6,13-14,16,21H,3-4,7-12,15,17-19H2,1-2H3/t21-,33+/m1/s1. The van der Waals surface area contributed by atoms with Crippen molar-refractivity contribution in [3.05, 3.63) is 47.7 Å². The number of fused-ring (bicyclic) bond motifs is 3. The molecule has 45 heavy (non-hydrogen) atoms. The number of ether oxygens (including phenoxy) is 3. The van der Waals surface area contributed by atoms with Crippen LogP contribution in [-0.2, 0) is 11.2 Å². The van der Waals surface area contributed by atoms with Gasteiger partial charge in [0.25, 0.3) is 0 Å². The van der Waals surface area contributed by atoms with Gasteiger partial charge in [0.05, 0.1) is 10.9 Å². The van der Waals surface area contributed by atoms with Crippen LogP contribution in [0, 0.1) is 11.6 Å². The van der Waals surface area contributed by atoms with Crippen molar-refractivity contribution in [1.82, 2.24) is 19.9 Å². The molecule has 8 nitrogen and oxygen atoms in total. The molecule has 3 aliphatic rings. The van der Waals surface area contributed by atoms with Gasteiger partial charge in [-0.2, -0.15) is 21.7 Å². The first-order valence-corrected chi connectivity index (χ1v) is 16.6. The molecule has 238 valence electrons. The van der Waals surface area contributed by atoms with Crippen molar-refractivity contribution in [3.63, 3.8) is 0 Å². The third kappa shape index (κ3) is 5.54. The summed E-state index contributed by atoms with van der Waals surface area (Å²) in [4.78, 5) is 18.3. The van der Waals surface area contributed by atoms with Crippen LogP contribution in [0.25, 0.3) is 32.9 Å². The van der Waals surface area contributed by atoms with Gasteiger partial charge in [0.2, 0.25) is 0 Å². The Kier molecular flexibility index (Phi) is 8.39. The van der Waals surface area contributed by atoms with E-state index in [9.17, 15) is 4.39 Å². The summed E-state index contributed by atoms with van der Waals surface area (Å²) in [6.45, 7) is 4.81. The summed E-state index contributed by atoms with van der Waals surface area (Å²) in [6.07, 6.45) is 3.33. The van der Waals surface area contributed by atoms with Crippen molar-refractivity contribution in [2.75, 3.05) is 63.1 Å². The summed E-state index contributed by atoms with van der Waals surface area (Å²) in [6, 6.07) is 6.57. The Hall–Kier alpha value is -3.35. The smallest absolute Gasteiger partial charge is 0.319 e. The van der Waals surface area contributed by atoms with Gasteiger partial charge >= 0.3 is 6.01 Å². The Morgan fingerprint density at radius 2 is 1.93 bits per heavy atom. The van der Waals surface area contributed by atoms with E-state index in [1.807, 2.05) is 18.7 Å². The predicted octanol–water partition coefficient (Wildman–Crippen LogP) is 6.18. The normalized spacial score (nSPS) is 22.0. The van der Waals surface area contributed by atoms with Crippen LogP contribution in [0.15, 0.2) is 30.5 Å². The number of benzene rings is 2. The number of alkyl halides is 1. The van der Waals surface area contributed by atoms with Crippen LogP contribution in [0.1, 0.15) is 31.7 Å². The molecule has 0 aliphatic carbocycles. The number of aryl methyl sites for hydroxylation is 1. The predicted molar refractivity (Wildman–Crippen MR) is 170 cm³/mol. The summed E-state index contributed by atoms with van der Waals surface area (Å²) in [7, 11) is 1.52. The number of pyridine rings is 1. The molecule has 0 amide bonds. The lowest BCUT2D eigenvalue weighted by Gasteiger charge is -2.31.